The van der Waals surface area contributed by atoms with Gasteiger partial charge in [0, 0.05) is 19.5 Å². The van der Waals surface area contributed by atoms with Gasteiger partial charge >= 0.3 is 23.9 Å². The number of carbonyl (C=O) groups is 4. The van der Waals surface area contributed by atoms with Gasteiger partial charge in [-0.15, -0.1) is 0 Å². The normalized spacial score (nSPS) is 12.9. The quantitative estimate of drug-likeness (QED) is 0.333. The third-order valence-corrected chi connectivity index (χ3v) is 1.76. The zero-order valence-corrected chi connectivity index (χ0v) is 12.2. The molecule has 0 fully saturated rings. The first-order valence-corrected chi connectivity index (χ1v) is 4.39. The Hall–Kier alpha value is -1.54. The fraction of sp³-hybridized carbons (Fsp3) is 0.500. The van der Waals surface area contributed by atoms with Crippen molar-refractivity contribution in [2.45, 2.75) is 24.9 Å². The molecule has 0 aliphatic carbocycles. The largest absolute Gasteiger partial charge is 0.481 e. The van der Waals surface area contributed by atoms with Crippen molar-refractivity contribution in [2.24, 2.45) is 0 Å². The van der Waals surface area contributed by atoms with Gasteiger partial charge < -0.3 is 20.4 Å². The van der Waals surface area contributed by atoms with Crippen LogP contribution in [0, 0.1) is 0 Å². The SMILES string of the molecule is O=C(O)CC(NC(CC(=O)O)C(=O)O)C(=O)O.[Zn]. The van der Waals surface area contributed by atoms with Crippen molar-refractivity contribution in [3.8, 4) is 0 Å². The topological polar surface area (TPSA) is 161 Å². The van der Waals surface area contributed by atoms with Gasteiger partial charge in [-0.05, 0) is 0 Å². The van der Waals surface area contributed by atoms with E-state index < -0.39 is 48.8 Å². The molecule has 0 radical (unpaired) electrons. The second-order valence-corrected chi connectivity index (χ2v) is 3.14. The first kappa shape index (κ1) is 18.8. The molecule has 0 aromatic rings. The molecule has 5 N–H and O–H groups in total. The molecule has 0 saturated carbocycles. The summed E-state index contributed by atoms with van der Waals surface area (Å²) >= 11 is 0. The third-order valence-electron chi connectivity index (χ3n) is 1.76. The Labute approximate surface area is 114 Å². The summed E-state index contributed by atoms with van der Waals surface area (Å²) in [5.74, 6) is -6.01. The number of rotatable bonds is 8. The van der Waals surface area contributed by atoms with Crippen LogP contribution >= 0.6 is 0 Å². The molecule has 0 rings (SSSR count). The Balaban J connectivity index is 0. The maximum Gasteiger partial charge on any atom is 0.321 e. The van der Waals surface area contributed by atoms with Crippen molar-refractivity contribution in [1.82, 2.24) is 5.32 Å². The van der Waals surface area contributed by atoms with Crippen LogP contribution in [0.5, 0.6) is 0 Å². The van der Waals surface area contributed by atoms with E-state index in [0.717, 1.165) is 0 Å². The van der Waals surface area contributed by atoms with Crippen molar-refractivity contribution >= 4 is 23.9 Å². The average Bonchev–Trinajstić information content (AvgIpc) is 2.13. The van der Waals surface area contributed by atoms with Gasteiger partial charge in [0.15, 0.2) is 0 Å². The summed E-state index contributed by atoms with van der Waals surface area (Å²) in [6.45, 7) is 0. The molecule has 98 valence electrons. The zero-order chi connectivity index (χ0) is 13.6. The molecule has 10 heteroatoms. The number of carboxylic acids is 4. The van der Waals surface area contributed by atoms with Gasteiger partial charge in [0.25, 0.3) is 0 Å². The summed E-state index contributed by atoms with van der Waals surface area (Å²) in [4.78, 5) is 41.9. The predicted octanol–water partition coefficient (Wildman–Crippen LogP) is -1.57. The molecule has 18 heavy (non-hydrogen) atoms. The molecule has 0 aliphatic heterocycles. The Morgan fingerprint density at radius 3 is 1.22 bits per heavy atom. The van der Waals surface area contributed by atoms with Gasteiger partial charge in [-0.25, -0.2) is 0 Å². The molecule has 0 aromatic heterocycles. The smallest absolute Gasteiger partial charge is 0.321 e. The molecule has 2 unspecified atom stereocenters. The molecule has 0 amide bonds. The van der Waals surface area contributed by atoms with Crippen LogP contribution in [0.4, 0.5) is 0 Å². The monoisotopic (exact) mass is 313 g/mol. The maximum absolute atomic E-state index is 10.6. The summed E-state index contributed by atoms with van der Waals surface area (Å²) in [5.41, 5.74) is 0. The van der Waals surface area contributed by atoms with E-state index in [1.165, 1.54) is 0 Å². The van der Waals surface area contributed by atoms with Crippen LogP contribution in [0.15, 0.2) is 0 Å². The summed E-state index contributed by atoms with van der Waals surface area (Å²) in [6, 6.07) is -3.32. The van der Waals surface area contributed by atoms with Gasteiger partial charge in [0.05, 0.1) is 12.8 Å². The van der Waals surface area contributed by atoms with Gasteiger partial charge in [-0.3, -0.25) is 24.5 Å². The molecule has 9 nitrogen and oxygen atoms in total. The van der Waals surface area contributed by atoms with E-state index in [0.29, 0.717) is 0 Å². The molecule has 2 atom stereocenters. The fourth-order valence-electron chi connectivity index (χ4n) is 1.03. The van der Waals surface area contributed by atoms with E-state index in [1.54, 1.807) is 0 Å². The maximum atomic E-state index is 10.6. The minimum atomic E-state index is -1.66. The summed E-state index contributed by atoms with van der Waals surface area (Å²) in [6.07, 6.45) is -1.70. The number of aliphatic carboxylic acids is 4. The van der Waals surface area contributed by atoms with E-state index in [9.17, 15) is 19.2 Å². The Bertz CT molecular complexity index is 312. The number of carboxylic acid groups (broad SMARTS) is 4. The van der Waals surface area contributed by atoms with Crippen molar-refractivity contribution in [1.29, 1.82) is 0 Å². The van der Waals surface area contributed by atoms with Crippen molar-refractivity contribution < 1.29 is 59.1 Å². The molecule has 0 aliphatic rings. The fourth-order valence-corrected chi connectivity index (χ4v) is 1.03. The van der Waals surface area contributed by atoms with Crippen LogP contribution < -0.4 is 5.32 Å². The van der Waals surface area contributed by atoms with Crippen LogP contribution in [0.3, 0.4) is 0 Å². The molecule has 0 spiro atoms. The standard InChI is InChI=1S/C8H11NO8.Zn/c10-5(11)1-3(7(14)15)9-4(8(16)17)2-6(12)13;/h3-4,9H,1-2H2,(H,10,11)(H,12,13)(H,14,15)(H,16,17);. The predicted molar refractivity (Wildman–Crippen MR) is 50.5 cm³/mol. The minimum Gasteiger partial charge on any atom is -0.481 e. The number of nitrogens with one attached hydrogen (secondary N) is 1. The second kappa shape index (κ2) is 8.54. The van der Waals surface area contributed by atoms with Crippen LogP contribution in [-0.4, -0.2) is 56.4 Å². The van der Waals surface area contributed by atoms with Crippen LogP contribution in [0.2, 0.25) is 0 Å². The van der Waals surface area contributed by atoms with E-state index in [2.05, 4.69) is 0 Å². The van der Waals surface area contributed by atoms with Crippen molar-refractivity contribution in [3.63, 3.8) is 0 Å². The van der Waals surface area contributed by atoms with E-state index in [-0.39, 0.29) is 19.5 Å². The number of hydrogen-bond acceptors (Lipinski definition) is 5. The summed E-state index contributed by atoms with van der Waals surface area (Å²) in [7, 11) is 0. The molecular weight excluding hydrogens is 303 g/mol. The summed E-state index contributed by atoms with van der Waals surface area (Å²) in [5, 5.41) is 36.0. The van der Waals surface area contributed by atoms with Gasteiger partial charge in [-0.2, -0.15) is 0 Å². The first-order valence-electron chi connectivity index (χ1n) is 4.39. The molecule has 0 bridgehead atoms. The van der Waals surface area contributed by atoms with Crippen LogP contribution in [0.1, 0.15) is 12.8 Å². The number of hydrogen-bond donors (Lipinski definition) is 5. The first-order chi connectivity index (χ1) is 7.73. The summed E-state index contributed by atoms with van der Waals surface area (Å²) < 4.78 is 0. The Kier molecular flexibility index (Phi) is 8.93. The molecule has 0 heterocycles. The molecule has 0 saturated heterocycles. The minimum absolute atomic E-state index is 0. The molecular formula is C8H11NO8Zn. The van der Waals surface area contributed by atoms with Crippen LogP contribution in [-0.2, 0) is 38.7 Å². The van der Waals surface area contributed by atoms with Crippen molar-refractivity contribution in [3.05, 3.63) is 0 Å². The van der Waals surface area contributed by atoms with E-state index >= 15 is 0 Å². The van der Waals surface area contributed by atoms with Crippen LogP contribution in [0.25, 0.3) is 0 Å². The van der Waals surface area contributed by atoms with Crippen molar-refractivity contribution in [2.75, 3.05) is 0 Å². The second-order valence-electron chi connectivity index (χ2n) is 3.14. The van der Waals surface area contributed by atoms with Gasteiger partial charge in [0.2, 0.25) is 0 Å². The third kappa shape index (κ3) is 7.69. The van der Waals surface area contributed by atoms with Gasteiger partial charge in [0.1, 0.15) is 12.1 Å². The van der Waals surface area contributed by atoms with E-state index in [1.807, 2.05) is 5.32 Å². The average molecular weight is 315 g/mol. The zero-order valence-electron chi connectivity index (χ0n) is 9.20. The van der Waals surface area contributed by atoms with Gasteiger partial charge in [-0.1, -0.05) is 0 Å². The Morgan fingerprint density at radius 2 is 1.06 bits per heavy atom. The van der Waals surface area contributed by atoms with E-state index in [4.69, 9.17) is 20.4 Å². The molecule has 0 aromatic carbocycles. The Morgan fingerprint density at radius 1 is 0.778 bits per heavy atom.